The van der Waals surface area contributed by atoms with Crippen LogP contribution in [0.5, 0.6) is 0 Å². The first-order chi connectivity index (χ1) is 12.1. The summed E-state index contributed by atoms with van der Waals surface area (Å²) in [4.78, 5) is 13.4. The standard InChI is InChI=1S/C20H19FN2OS/c1-14-5-2-3-6-17(14)23-19(24)13-22-20(18-7-4-12-25-18)15-8-10-16(21)11-9-15/h2-12,20,22H,13H2,1H3,(H,23,24). The highest BCUT2D eigenvalue weighted by Crippen LogP contribution is 2.26. The van der Waals surface area contributed by atoms with E-state index in [2.05, 4.69) is 10.6 Å². The van der Waals surface area contributed by atoms with Crippen molar-refractivity contribution in [2.45, 2.75) is 13.0 Å². The summed E-state index contributed by atoms with van der Waals surface area (Å²) < 4.78 is 13.2. The lowest BCUT2D eigenvalue weighted by atomic mass is 10.1. The molecule has 3 nitrogen and oxygen atoms in total. The van der Waals surface area contributed by atoms with Gasteiger partial charge in [-0.15, -0.1) is 11.3 Å². The van der Waals surface area contributed by atoms with Gasteiger partial charge in [-0.2, -0.15) is 0 Å². The molecule has 0 bridgehead atoms. The maximum absolute atomic E-state index is 13.2. The molecule has 0 saturated heterocycles. The smallest absolute Gasteiger partial charge is 0.238 e. The molecule has 1 heterocycles. The minimum absolute atomic E-state index is 0.113. The molecule has 1 atom stereocenters. The number of amides is 1. The highest BCUT2D eigenvalue weighted by Gasteiger charge is 2.16. The Morgan fingerprint density at radius 3 is 2.52 bits per heavy atom. The van der Waals surface area contributed by atoms with Crippen molar-refractivity contribution in [3.8, 4) is 0 Å². The number of halogens is 1. The van der Waals surface area contributed by atoms with E-state index >= 15 is 0 Å². The molecule has 0 aliphatic carbocycles. The van der Waals surface area contributed by atoms with E-state index in [0.717, 1.165) is 21.7 Å². The molecule has 0 saturated carbocycles. The average Bonchev–Trinajstić information content (AvgIpc) is 3.13. The first kappa shape index (κ1) is 17.3. The van der Waals surface area contributed by atoms with E-state index in [0.29, 0.717) is 0 Å². The van der Waals surface area contributed by atoms with Crippen LogP contribution in [0.15, 0.2) is 66.0 Å². The zero-order valence-corrected chi connectivity index (χ0v) is 14.6. The van der Waals surface area contributed by atoms with Crippen LogP contribution >= 0.6 is 11.3 Å². The lowest BCUT2D eigenvalue weighted by molar-refractivity contribution is -0.115. The Bertz CT molecular complexity index is 831. The van der Waals surface area contributed by atoms with Crippen molar-refractivity contribution in [2.75, 3.05) is 11.9 Å². The van der Waals surface area contributed by atoms with Gasteiger partial charge in [0.25, 0.3) is 0 Å². The zero-order valence-electron chi connectivity index (χ0n) is 13.8. The number of hydrogen-bond acceptors (Lipinski definition) is 3. The van der Waals surface area contributed by atoms with Gasteiger partial charge in [-0.3, -0.25) is 10.1 Å². The molecule has 25 heavy (non-hydrogen) atoms. The summed E-state index contributed by atoms with van der Waals surface area (Å²) in [6, 6.07) is 17.8. The van der Waals surface area contributed by atoms with Crippen LogP contribution in [0.4, 0.5) is 10.1 Å². The molecule has 2 N–H and O–H groups in total. The number of carbonyl (C=O) groups excluding carboxylic acids is 1. The number of nitrogens with one attached hydrogen (secondary N) is 2. The predicted octanol–water partition coefficient (Wildman–Crippen LogP) is 4.51. The molecule has 1 amide bonds. The number of hydrogen-bond donors (Lipinski definition) is 2. The summed E-state index contributed by atoms with van der Waals surface area (Å²) in [6.07, 6.45) is 0. The molecule has 128 valence electrons. The minimum atomic E-state index is -0.272. The Balaban J connectivity index is 1.70. The molecule has 5 heteroatoms. The lowest BCUT2D eigenvalue weighted by Crippen LogP contribution is -2.31. The molecule has 3 aromatic rings. The highest BCUT2D eigenvalue weighted by molar-refractivity contribution is 7.10. The van der Waals surface area contributed by atoms with Gasteiger partial charge in [0.05, 0.1) is 12.6 Å². The monoisotopic (exact) mass is 354 g/mol. The van der Waals surface area contributed by atoms with Gasteiger partial charge in [0.15, 0.2) is 0 Å². The number of benzene rings is 2. The topological polar surface area (TPSA) is 41.1 Å². The number of rotatable bonds is 6. The fraction of sp³-hybridized carbons (Fsp3) is 0.150. The number of aryl methyl sites for hydroxylation is 1. The van der Waals surface area contributed by atoms with Crippen molar-refractivity contribution in [1.82, 2.24) is 5.32 Å². The molecule has 0 fully saturated rings. The molecule has 1 aromatic heterocycles. The van der Waals surface area contributed by atoms with Crippen molar-refractivity contribution in [1.29, 1.82) is 0 Å². The fourth-order valence-corrected chi connectivity index (χ4v) is 3.42. The Hall–Kier alpha value is -2.50. The molecule has 0 radical (unpaired) electrons. The van der Waals surface area contributed by atoms with Crippen LogP contribution in [-0.4, -0.2) is 12.5 Å². The number of para-hydroxylation sites is 1. The van der Waals surface area contributed by atoms with Crippen LogP contribution in [0.25, 0.3) is 0 Å². The molecular formula is C20H19FN2OS. The van der Waals surface area contributed by atoms with Crippen LogP contribution in [0.3, 0.4) is 0 Å². The van der Waals surface area contributed by atoms with Gasteiger partial charge in [0, 0.05) is 10.6 Å². The first-order valence-electron chi connectivity index (χ1n) is 8.01. The number of carbonyl (C=O) groups is 1. The summed E-state index contributed by atoms with van der Waals surface area (Å²) in [5.74, 6) is -0.385. The van der Waals surface area contributed by atoms with Crippen molar-refractivity contribution < 1.29 is 9.18 Å². The van der Waals surface area contributed by atoms with Crippen LogP contribution in [-0.2, 0) is 4.79 Å². The second-order valence-electron chi connectivity index (χ2n) is 5.74. The molecule has 0 aliphatic rings. The quantitative estimate of drug-likeness (QED) is 0.684. The van der Waals surface area contributed by atoms with E-state index in [-0.39, 0.29) is 24.3 Å². The Morgan fingerprint density at radius 2 is 1.84 bits per heavy atom. The Morgan fingerprint density at radius 1 is 1.08 bits per heavy atom. The first-order valence-corrected chi connectivity index (χ1v) is 8.89. The van der Waals surface area contributed by atoms with Crippen LogP contribution in [0.1, 0.15) is 22.0 Å². The second kappa shape index (κ2) is 8.05. The minimum Gasteiger partial charge on any atom is -0.325 e. The SMILES string of the molecule is Cc1ccccc1NC(=O)CNC(c1ccc(F)cc1)c1cccs1. The summed E-state index contributed by atoms with van der Waals surface area (Å²) in [5, 5.41) is 8.17. The molecule has 3 rings (SSSR count). The van der Waals surface area contributed by atoms with E-state index in [1.54, 1.807) is 23.5 Å². The van der Waals surface area contributed by atoms with Crippen molar-refractivity contribution in [3.05, 3.63) is 87.9 Å². The summed E-state index contributed by atoms with van der Waals surface area (Å²) >= 11 is 1.60. The summed E-state index contributed by atoms with van der Waals surface area (Å²) in [5.41, 5.74) is 2.75. The van der Waals surface area contributed by atoms with Gasteiger partial charge >= 0.3 is 0 Å². The van der Waals surface area contributed by atoms with E-state index < -0.39 is 0 Å². The van der Waals surface area contributed by atoms with Gasteiger partial charge in [0.1, 0.15) is 5.82 Å². The lowest BCUT2D eigenvalue weighted by Gasteiger charge is -2.18. The van der Waals surface area contributed by atoms with E-state index in [1.807, 2.05) is 48.7 Å². The van der Waals surface area contributed by atoms with Crippen molar-refractivity contribution >= 4 is 22.9 Å². The molecule has 0 aliphatic heterocycles. The summed E-state index contributed by atoms with van der Waals surface area (Å²) in [7, 11) is 0. The van der Waals surface area contributed by atoms with Gasteiger partial charge < -0.3 is 5.32 Å². The van der Waals surface area contributed by atoms with E-state index in [4.69, 9.17) is 0 Å². The highest BCUT2D eigenvalue weighted by atomic mass is 32.1. The van der Waals surface area contributed by atoms with Crippen molar-refractivity contribution in [3.63, 3.8) is 0 Å². The van der Waals surface area contributed by atoms with Gasteiger partial charge in [-0.1, -0.05) is 36.4 Å². The third-order valence-corrected chi connectivity index (χ3v) is 4.85. The fourth-order valence-electron chi connectivity index (χ4n) is 2.60. The van der Waals surface area contributed by atoms with E-state index in [9.17, 15) is 9.18 Å². The predicted molar refractivity (Wildman–Crippen MR) is 100 cm³/mol. The summed E-state index contributed by atoms with van der Waals surface area (Å²) in [6.45, 7) is 2.12. The molecule has 2 aromatic carbocycles. The van der Waals surface area contributed by atoms with Crippen molar-refractivity contribution in [2.24, 2.45) is 0 Å². The molecule has 0 spiro atoms. The molecular weight excluding hydrogens is 335 g/mol. The number of thiophene rings is 1. The molecule has 1 unspecified atom stereocenters. The Kier molecular flexibility index (Phi) is 5.58. The van der Waals surface area contributed by atoms with E-state index in [1.165, 1.54) is 12.1 Å². The van der Waals surface area contributed by atoms with Gasteiger partial charge in [-0.25, -0.2) is 4.39 Å². The largest absolute Gasteiger partial charge is 0.325 e. The van der Waals surface area contributed by atoms with Crippen LogP contribution < -0.4 is 10.6 Å². The van der Waals surface area contributed by atoms with Gasteiger partial charge in [0.2, 0.25) is 5.91 Å². The maximum Gasteiger partial charge on any atom is 0.238 e. The average molecular weight is 354 g/mol. The van der Waals surface area contributed by atoms with Crippen LogP contribution in [0, 0.1) is 12.7 Å². The third kappa shape index (κ3) is 4.53. The second-order valence-corrected chi connectivity index (χ2v) is 6.72. The van der Waals surface area contributed by atoms with Crippen LogP contribution in [0.2, 0.25) is 0 Å². The normalized spacial score (nSPS) is 11.9. The third-order valence-electron chi connectivity index (χ3n) is 3.92. The maximum atomic E-state index is 13.2. The van der Waals surface area contributed by atoms with Gasteiger partial charge in [-0.05, 0) is 47.7 Å². The number of anilines is 1. The Labute approximate surface area is 150 Å². The zero-order chi connectivity index (χ0) is 17.6.